The van der Waals surface area contributed by atoms with E-state index in [0.717, 1.165) is 42.5 Å². The van der Waals surface area contributed by atoms with Gasteiger partial charge in [-0.3, -0.25) is 9.69 Å². The van der Waals surface area contributed by atoms with Gasteiger partial charge in [0.1, 0.15) is 24.5 Å². The highest BCUT2D eigenvalue weighted by molar-refractivity contribution is 7.99. The highest BCUT2D eigenvalue weighted by Gasteiger charge is 2.24. The van der Waals surface area contributed by atoms with Crippen LogP contribution in [0.25, 0.3) is 11.0 Å². The van der Waals surface area contributed by atoms with Gasteiger partial charge in [-0.1, -0.05) is 35.9 Å². The molecule has 1 aliphatic heterocycles. The van der Waals surface area contributed by atoms with Crippen molar-refractivity contribution in [3.63, 3.8) is 0 Å². The maximum absolute atomic E-state index is 13.4. The highest BCUT2D eigenvalue weighted by atomic mass is 35.5. The van der Waals surface area contributed by atoms with Crippen molar-refractivity contribution in [1.82, 2.24) is 15.2 Å². The number of anilines is 1. The maximum atomic E-state index is 13.4. The Balaban J connectivity index is 1.53. The standard InChI is InChI=1S/C29H34ClN5O4S3/c1-40-14-9-21(17-31)32-28(36)24(19-42-18-20-5-2-3-7-23(20)30)33-27-22-6-4-8-25(26(22)39-29(37)34-27)38-13-10-35-11-15-41-16-12-35/h2-8,21,24H,9-16,18-19H2,1H3,(H,32,36)(H,33,34,37). The molecule has 2 atom stereocenters. The molecule has 1 saturated heterocycles. The second-order valence-electron chi connectivity index (χ2n) is 9.54. The molecular weight excluding hydrogens is 614 g/mol. The molecule has 1 aromatic heterocycles. The molecule has 4 rings (SSSR count). The minimum absolute atomic E-state index is 0.218. The zero-order valence-electron chi connectivity index (χ0n) is 23.3. The molecule has 13 heteroatoms. The predicted octanol–water partition coefficient (Wildman–Crippen LogP) is 4.74. The van der Waals surface area contributed by atoms with Crippen LogP contribution in [0, 0.1) is 11.3 Å². The van der Waals surface area contributed by atoms with Crippen molar-refractivity contribution in [2.45, 2.75) is 24.3 Å². The van der Waals surface area contributed by atoms with Gasteiger partial charge in [-0.2, -0.15) is 45.5 Å². The molecule has 0 radical (unpaired) electrons. The van der Waals surface area contributed by atoms with Crippen molar-refractivity contribution in [1.29, 1.82) is 5.26 Å². The monoisotopic (exact) mass is 647 g/mol. The molecule has 2 N–H and O–H groups in total. The summed E-state index contributed by atoms with van der Waals surface area (Å²) >= 11 is 11.4. The Morgan fingerprint density at radius 2 is 2.07 bits per heavy atom. The number of nitrogens with zero attached hydrogens (tertiary/aromatic N) is 3. The predicted molar refractivity (Wildman–Crippen MR) is 175 cm³/mol. The second-order valence-corrected chi connectivity index (χ2v) is 13.2. The van der Waals surface area contributed by atoms with Crippen molar-refractivity contribution >= 4 is 69.6 Å². The molecular formula is C29H34ClN5O4S3. The fourth-order valence-electron chi connectivity index (χ4n) is 4.33. The number of ether oxygens (including phenoxy) is 1. The van der Waals surface area contributed by atoms with E-state index in [9.17, 15) is 14.9 Å². The fourth-order valence-corrected chi connectivity index (χ4v) is 7.12. The van der Waals surface area contributed by atoms with E-state index in [1.54, 1.807) is 30.0 Å². The van der Waals surface area contributed by atoms with Crippen LogP contribution in [0.2, 0.25) is 5.02 Å². The van der Waals surface area contributed by atoms with Crippen molar-refractivity contribution in [2.24, 2.45) is 0 Å². The molecule has 0 bridgehead atoms. The summed E-state index contributed by atoms with van der Waals surface area (Å²) in [6, 6.07) is 13.6. The molecule has 2 heterocycles. The maximum Gasteiger partial charge on any atom is 0.441 e. The van der Waals surface area contributed by atoms with Gasteiger partial charge in [-0.25, -0.2) is 4.79 Å². The number of nitriles is 1. The number of amides is 1. The molecule has 1 aliphatic rings. The number of fused-ring (bicyclic) bond motifs is 1. The molecule has 1 fully saturated rings. The number of carbonyl (C=O) groups excluding carboxylic acids is 1. The third-order valence-electron chi connectivity index (χ3n) is 6.61. The third kappa shape index (κ3) is 9.47. The molecule has 224 valence electrons. The first-order valence-electron chi connectivity index (χ1n) is 13.6. The highest BCUT2D eigenvalue weighted by Crippen LogP contribution is 2.29. The average molecular weight is 648 g/mol. The summed E-state index contributed by atoms with van der Waals surface area (Å²) in [5.74, 6) is 3.39. The Hall–Kier alpha value is -2.56. The van der Waals surface area contributed by atoms with E-state index in [1.165, 1.54) is 11.8 Å². The summed E-state index contributed by atoms with van der Waals surface area (Å²) in [6.07, 6.45) is 2.48. The van der Waals surface area contributed by atoms with Gasteiger partial charge in [0.15, 0.2) is 11.3 Å². The lowest BCUT2D eigenvalue weighted by Crippen LogP contribution is -2.46. The van der Waals surface area contributed by atoms with Crippen LogP contribution in [0.3, 0.4) is 0 Å². The van der Waals surface area contributed by atoms with Crippen LogP contribution in [0.5, 0.6) is 5.75 Å². The number of para-hydroxylation sites is 1. The number of aromatic nitrogens is 1. The first kappa shape index (κ1) is 32.4. The molecule has 0 saturated carbocycles. The van der Waals surface area contributed by atoms with E-state index in [2.05, 4.69) is 26.6 Å². The quantitative estimate of drug-likeness (QED) is 0.238. The summed E-state index contributed by atoms with van der Waals surface area (Å²) < 4.78 is 11.5. The number of rotatable bonds is 15. The normalized spacial score (nSPS) is 15.1. The zero-order chi connectivity index (χ0) is 29.7. The zero-order valence-corrected chi connectivity index (χ0v) is 26.5. The van der Waals surface area contributed by atoms with E-state index < -0.39 is 17.8 Å². The SMILES string of the molecule is CSCCC(C#N)NC(=O)C(CSCc1ccccc1Cl)Nc1nc(=O)oc2c(OCCN3CCSCC3)cccc12. The summed E-state index contributed by atoms with van der Waals surface area (Å²) in [5.41, 5.74) is 1.22. The molecule has 1 amide bonds. The largest absolute Gasteiger partial charge is 0.488 e. The van der Waals surface area contributed by atoms with Crippen LogP contribution in [-0.4, -0.2) is 83.4 Å². The molecule has 0 aliphatic carbocycles. The summed E-state index contributed by atoms with van der Waals surface area (Å²) in [7, 11) is 0. The molecule has 2 aromatic carbocycles. The van der Waals surface area contributed by atoms with Crippen LogP contribution in [0.15, 0.2) is 51.7 Å². The fraction of sp³-hybridized carbons (Fsp3) is 0.448. The first-order valence-corrected chi connectivity index (χ1v) is 17.7. The minimum atomic E-state index is -0.799. The lowest BCUT2D eigenvalue weighted by atomic mass is 10.2. The van der Waals surface area contributed by atoms with Crippen molar-refractivity contribution in [3.8, 4) is 11.8 Å². The van der Waals surface area contributed by atoms with E-state index in [-0.39, 0.29) is 17.3 Å². The summed E-state index contributed by atoms with van der Waals surface area (Å²) in [4.78, 5) is 32.4. The van der Waals surface area contributed by atoms with Gasteiger partial charge in [0, 0.05) is 47.7 Å². The molecule has 3 aromatic rings. The number of carbonyl (C=O) groups is 1. The van der Waals surface area contributed by atoms with Crippen LogP contribution in [0.4, 0.5) is 5.82 Å². The Bertz CT molecular complexity index is 1430. The molecule has 9 nitrogen and oxygen atoms in total. The van der Waals surface area contributed by atoms with Gasteiger partial charge in [-0.05, 0) is 42.2 Å². The minimum Gasteiger partial charge on any atom is -0.488 e. The number of thioether (sulfide) groups is 3. The number of halogens is 1. The van der Waals surface area contributed by atoms with Gasteiger partial charge in [0.25, 0.3) is 0 Å². The van der Waals surface area contributed by atoms with Gasteiger partial charge in [-0.15, -0.1) is 0 Å². The van der Waals surface area contributed by atoms with Gasteiger partial charge in [0.05, 0.1) is 11.5 Å². The van der Waals surface area contributed by atoms with Crippen molar-refractivity contribution in [3.05, 3.63) is 63.6 Å². The molecule has 2 unspecified atom stereocenters. The van der Waals surface area contributed by atoms with Crippen LogP contribution >= 0.6 is 46.9 Å². The van der Waals surface area contributed by atoms with Crippen molar-refractivity contribution in [2.75, 3.05) is 60.8 Å². The molecule has 42 heavy (non-hydrogen) atoms. The molecule has 0 spiro atoms. The Morgan fingerprint density at radius 3 is 2.83 bits per heavy atom. The van der Waals surface area contributed by atoms with Crippen LogP contribution in [-0.2, 0) is 10.5 Å². The topological polar surface area (TPSA) is 120 Å². The van der Waals surface area contributed by atoms with Crippen LogP contribution < -0.4 is 21.1 Å². The Morgan fingerprint density at radius 1 is 1.26 bits per heavy atom. The first-order chi connectivity index (χ1) is 20.5. The summed E-state index contributed by atoms with van der Waals surface area (Å²) in [5, 5.41) is 16.8. The number of nitrogens with one attached hydrogen (secondary N) is 2. The van der Waals surface area contributed by atoms with Gasteiger partial charge in [0.2, 0.25) is 5.91 Å². The van der Waals surface area contributed by atoms with E-state index in [0.29, 0.717) is 40.7 Å². The van der Waals surface area contributed by atoms with Gasteiger partial charge >= 0.3 is 5.76 Å². The third-order valence-corrected chi connectivity index (χ3v) is 9.64. The lowest BCUT2D eigenvalue weighted by molar-refractivity contribution is -0.121. The van der Waals surface area contributed by atoms with Crippen molar-refractivity contribution < 1.29 is 13.9 Å². The lowest BCUT2D eigenvalue weighted by Gasteiger charge is -2.25. The van der Waals surface area contributed by atoms with Crippen LogP contribution in [0.1, 0.15) is 12.0 Å². The second kappa shape index (κ2) is 16.9. The number of hydrogen-bond donors (Lipinski definition) is 2. The van der Waals surface area contributed by atoms with Gasteiger partial charge < -0.3 is 19.8 Å². The van der Waals surface area contributed by atoms with E-state index in [1.807, 2.05) is 42.3 Å². The Kier molecular flexibility index (Phi) is 13.0. The average Bonchev–Trinajstić information content (AvgIpc) is 3.00. The number of hydrogen-bond acceptors (Lipinski definition) is 11. The van der Waals surface area contributed by atoms with E-state index in [4.69, 9.17) is 20.8 Å². The number of benzene rings is 2. The van der Waals surface area contributed by atoms with E-state index >= 15 is 0 Å². The smallest absolute Gasteiger partial charge is 0.441 e. The Labute approximate surface area is 263 Å². The summed E-state index contributed by atoms with van der Waals surface area (Å²) in [6.45, 7) is 3.28.